The van der Waals surface area contributed by atoms with E-state index in [9.17, 15) is 4.39 Å². The summed E-state index contributed by atoms with van der Waals surface area (Å²) in [6.07, 6.45) is 9.00. The van der Waals surface area contributed by atoms with Crippen LogP contribution < -0.4 is 15.2 Å². The summed E-state index contributed by atoms with van der Waals surface area (Å²) in [7, 11) is 0. The van der Waals surface area contributed by atoms with Crippen LogP contribution in [0.25, 0.3) is 10.9 Å². The number of nitrogens with zero attached hydrogens (tertiary/aromatic N) is 7. The van der Waals surface area contributed by atoms with Crippen LogP contribution in [0.4, 0.5) is 22.2 Å². The molecule has 9 heteroatoms. The summed E-state index contributed by atoms with van der Waals surface area (Å²) in [4.78, 5) is 18.9. The van der Waals surface area contributed by atoms with Crippen molar-refractivity contribution in [1.29, 1.82) is 0 Å². The number of piperidine rings is 2. The smallest absolute Gasteiger partial charge is 0.250 e. The molecule has 2 aromatic carbocycles. The number of nitrogens with one attached hydrogen (secondary N) is 1. The van der Waals surface area contributed by atoms with Crippen molar-refractivity contribution in [3.63, 3.8) is 0 Å². The lowest BCUT2D eigenvalue weighted by atomic mass is 10.1. The van der Waals surface area contributed by atoms with Crippen molar-refractivity contribution in [3.8, 4) is 0 Å². The topological polar surface area (TPSA) is 74.5 Å². The highest BCUT2D eigenvalue weighted by molar-refractivity contribution is 6.01. The summed E-state index contributed by atoms with van der Waals surface area (Å²) >= 11 is 0. The molecular formula is C30H35FN8. The lowest BCUT2D eigenvalue weighted by molar-refractivity contribution is 0.556. The Morgan fingerprint density at radius 2 is 1.44 bits per heavy atom. The predicted octanol–water partition coefficient (Wildman–Crippen LogP) is 5.75. The van der Waals surface area contributed by atoms with Crippen LogP contribution in [-0.4, -0.2) is 51.9 Å². The summed E-state index contributed by atoms with van der Waals surface area (Å²) < 4.78 is 15.7. The highest BCUT2D eigenvalue weighted by Crippen LogP contribution is 2.26. The number of halogens is 1. The molecule has 0 atom stereocenters. The Balaban J connectivity index is 1.29. The fraction of sp³-hybridized carbons (Fsp3) is 0.400. The Morgan fingerprint density at radius 1 is 0.821 bits per heavy atom. The maximum Gasteiger partial charge on any atom is 0.250 e. The van der Waals surface area contributed by atoms with Crippen LogP contribution in [0.3, 0.4) is 0 Å². The van der Waals surface area contributed by atoms with Gasteiger partial charge in [0.1, 0.15) is 5.82 Å². The molecule has 0 saturated carbocycles. The lowest BCUT2D eigenvalue weighted by Gasteiger charge is -2.30. The molecule has 2 fully saturated rings. The van der Waals surface area contributed by atoms with Crippen molar-refractivity contribution in [2.75, 3.05) is 41.4 Å². The third kappa shape index (κ3) is 5.57. The first-order valence-electron chi connectivity index (χ1n) is 14.0. The Bertz CT molecular complexity index is 1410. The van der Waals surface area contributed by atoms with Crippen LogP contribution in [0.1, 0.15) is 55.3 Å². The number of anilines is 3. The molecule has 39 heavy (non-hydrogen) atoms. The maximum absolute atomic E-state index is 13.5. The first-order valence-corrected chi connectivity index (χ1v) is 14.0. The standard InChI is InChI=1S/C30H35FN8/c1-22-26(25-10-4-5-11-27(25)39(22)21-23-12-14-24(31)15-13-23)20-32-36-28-33-29(37-16-6-2-7-17-37)35-30(34-28)38-18-8-3-9-19-38/h4-5,10-15,20H,2-3,6-9,16-19,21H2,1H3,(H,33,34,35,36). The van der Waals surface area contributed by atoms with Gasteiger partial charge < -0.3 is 14.4 Å². The van der Waals surface area contributed by atoms with Gasteiger partial charge in [-0.15, -0.1) is 0 Å². The number of hydrogen-bond donors (Lipinski definition) is 1. The van der Waals surface area contributed by atoms with Gasteiger partial charge in [0.05, 0.1) is 6.21 Å². The quantitative estimate of drug-likeness (QED) is 0.244. The summed E-state index contributed by atoms with van der Waals surface area (Å²) in [5.41, 5.74) is 7.39. The first-order chi connectivity index (χ1) is 19.2. The van der Waals surface area contributed by atoms with Crippen molar-refractivity contribution in [2.24, 2.45) is 5.10 Å². The van der Waals surface area contributed by atoms with E-state index >= 15 is 0 Å². The molecule has 2 aliphatic heterocycles. The van der Waals surface area contributed by atoms with Crippen LogP contribution >= 0.6 is 0 Å². The van der Waals surface area contributed by atoms with Gasteiger partial charge in [-0.25, -0.2) is 9.82 Å². The van der Waals surface area contributed by atoms with Gasteiger partial charge in [-0.3, -0.25) is 0 Å². The SMILES string of the molecule is Cc1c(C=NNc2nc(N3CCCCC3)nc(N3CCCCC3)n2)c2ccccc2n1Cc1ccc(F)cc1. The van der Waals surface area contributed by atoms with E-state index in [1.807, 2.05) is 30.5 Å². The molecule has 202 valence electrons. The maximum atomic E-state index is 13.5. The molecule has 2 aliphatic rings. The lowest BCUT2D eigenvalue weighted by Crippen LogP contribution is -2.34. The van der Waals surface area contributed by atoms with E-state index in [-0.39, 0.29) is 5.82 Å². The van der Waals surface area contributed by atoms with E-state index in [1.165, 1.54) is 25.0 Å². The average Bonchev–Trinajstić information content (AvgIpc) is 3.25. The molecule has 0 amide bonds. The van der Waals surface area contributed by atoms with Crippen LogP contribution in [0, 0.1) is 12.7 Å². The highest BCUT2D eigenvalue weighted by Gasteiger charge is 2.20. The Morgan fingerprint density at radius 3 is 2.08 bits per heavy atom. The molecule has 0 unspecified atom stereocenters. The Labute approximate surface area is 228 Å². The van der Waals surface area contributed by atoms with Gasteiger partial charge in [-0.2, -0.15) is 20.1 Å². The average molecular weight is 527 g/mol. The molecule has 2 saturated heterocycles. The monoisotopic (exact) mass is 526 g/mol. The van der Waals surface area contributed by atoms with E-state index in [0.717, 1.165) is 91.5 Å². The van der Waals surface area contributed by atoms with Crippen LogP contribution in [0.2, 0.25) is 0 Å². The first kappa shape index (κ1) is 25.3. The van der Waals surface area contributed by atoms with Gasteiger partial charge in [0.25, 0.3) is 0 Å². The van der Waals surface area contributed by atoms with Crippen molar-refractivity contribution < 1.29 is 4.39 Å². The van der Waals surface area contributed by atoms with E-state index in [0.29, 0.717) is 12.5 Å². The minimum absolute atomic E-state index is 0.225. The zero-order valence-corrected chi connectivity index (χ0v) is 22.5. The van der Waals surface area contributed by atoms with Gasteiger partial charge in [0.2, 0.25) is 17.8 Å². The number of benzene rings is 2. The third-order valence-electron chi connectivity index (χ3n) is 7.78. The molecular weight excluding hydrogens is 491 g/mol. The number of fused-ring (bicyclic) bond motifs is 1. The molecule has 6 rings (SSSR count). The predicted molar refractivity (Wildman–Crippen MR) is 155 cm³/mol. The van der Waals surface area contributed by atoms with Crippen molar-refractivity contribution in [2.45, 2.75) is 52.0 Å². The second-order valence-corrected chi connectivity index (χ2v) is 10.5. The zero-order valence-electron chi connectivity index (χ0n) is 22.5. The Kier molecular flexibility index (Phi) is 7.38. The van der Waals surface area contributed by atoms with E-state index in [1.54, 1.807) is 0 Å². The fourth-order valence-corrected chi connectivity index (χ4v) is 5.63. The summed E-state index contributed by atoms with van der Waals surface area (Å²) in [5.74, 6) is 1.71. The number of para-hydroxylation sites is 1. The molecule has 2 aromatic heterocycles. The minimum atomic E-state index is -0.225. The normalized spacial score (nSPS) is 16.4. The van der Waals surface area contributed by atoms with E-state index in [4.69, 9.17) is 15.0 Å². The molecule has 8 nitrogen and oxygen atoms in total. The molecule has 4 heterocycles. The second-order valence-electron chi connectivity index (χ2n) is 10.5. The highest BCUT2D eigenvalue weighted by atomic mass is 19.1. The number of hydrogen-bond acceptors (Lipinski definition) is 7. The largest absolute Gasteiger partial charge is 0.341 e. The molecule has 4 aromatic rings. The fourth-order valence-electron chi connectivity index (χ4n) is 5.63. The van der Waals surface area contributed by atoms with Gasteiger partial charge in [-0.05, 0) is 69.2 Å². The second kappa shape index (κ2) is 11.4. The molecule has 0 spiro atoms. The van der Waals surface area contributed by atoms with E-state index < -0.39 is 0 Å². The van der Waals surface area contributed by atoms with Crippen LogP contribution in [0.15, 0.2) is 53.6 Å². The van der Waals surface area contributed by atoms with Crippen molar-refractivity contribution in [3.05, 3.63) is 71.2 Å². The summed E-state index contributed by atoms with van der Waals surface area (Å²) in [6.45, 7) is 6.63. The Hall–Kier alpha value is -4.01. The van der Waals surface area contributed by atoms with E-state index in [2.05, 4.69) is 44.0 Å². The zero-order chi connectivity index (χ0) is 26.6. The third-order valence-corrected chi connectivity index (χ3v) is 7.78. The molecule has 0 aliphatic carbocycles. The minimum Gasteiger partial charge on any atom is -0.341 e. The van der Waals surface area contributed by atoms with Crippen LogP contribution in [0.5, 0.6) is 0 Å². The van der Waals surface area contributed by atoms with Crippen LogP contribution in [-0.2, 0) is 6.54 Å². The van der Waals surface area contributed by atoms with Crippen molar-refractivity contribution >= 4 is 35.0 Å². The summed E-state index contributed by atoms with van der Waals surface area (Å²) in [6, 6.07) is 15.0. The van der Waals surface area contributed by atoms with Gasteiger partial charge in [-0.1, -0.05) is 30.3 Å². The van der Waals surface area contributed by atoms with Gasteiger partial charge in [0, 0.05) is 54.9 Å². The van der Waals surface area contributed by atoms with Crippen molar-refractivity contribution in [1.82, 2.24) is 19.5 Å². The molecule has 1 N–H and O–H groups in total. The molecule has 0 radical (unpaired) electrons. The summed E-state index contributed by atoms with van der Waals surface area (Å²) in [5, 5.41) is 5.71. The number of hydrazone groups is 1. The molecule has 0 bridgehead atoms. The van der Waals surface area contributed by atoms with Gasteiger partial charge in [0.15, 0.2) is 0 Å². The number of rotatable bonds is 7. The number of aromatic nitrogens is 4. The van der Waals surface area contributed by atoms with Gasteiger partial charge >= 0.3 is 0 Å².